The Balaban J connectivity index is 2.12. The number of benzene rings is 1. The van der Waals surface area contributed by atoms with E-state index in [1.54, 1.807) is 23.1 Å². The highest BCUT2D eigenvalue weighted by Gasteiger charge is 2.11. The Bertz CT molecular complexity index is 448. The summed E-state index contributed by atoms with van der Waals surface area (Å²) in [5.41, 5.74) is 2.79. The van der Waals surface area contributed by atoms with Crippen molar-refractivity contribution in [3.05, 3.63) is 52.2 Å². The standard InChI is InChI=1S/C15H19NS2/c1-3-16-15(10-12-8-9-18-11-12)13-4-6-14(17-2)7-5-13/h4-9,11,15-16H,3,10H2,1-2H3. The number of hydrogen-bond donors (Lipinski definition) is 1. The molecule has 18 heavy (non-hydrogen) atoms. The van der Waals surface area contributed by atoms with Gasteiger partial charge in [0.15, 0.2) is 0 Å². The van der Waals surface area contributed by atoms with Crippen molar-refractivity contribution in [2.24, 2.45) is 0 Å². The molecule has 0 aliphatic heterocycles. The van der Waals surface area contributed by atoms with Crippen LogP contribution in [0.1, 0.15) is 24.1 Å². The fourth-order valence-electron chi connectivity index (χ4n) is 2.03. The lowest BCUT2D eigenvalue weighted by atomic mass is 10.0. The van der Waals surface area contributed by atoms with Crippen molar-refractivity contribution in [3.63, 3.8) is 0 Å². The Kier molecular flexibility index (Phi) is 5.29. The fraction of sp³-hybridized carbons (Fsp3) is 0.333. The molecule has 0 fully saturated rings. The first-order valence-electron chi connectivity index (χ1n) is 6.22. The van der Waals surface area contributed by atoms with E-state index in [1.807, 2.05) is 0 Å². The lowest BCUT2D eigenvalue weighted by molar-refractivity contribution is 0.550. The van der Waals surface area contributed by atoms with Crippen LogP contribution < -0.4 is 5.32 Å². The van der Waals surface area contributed by atoms with Crippen molar-refractivity contribution >= 4 is 23.1 Å². The summed E-state index contributed by atoms with van der Waals surface area (Å²) in [7, 11) is 0. The molecule has 1 heterocycles. The van der Waals surface area contributed by atoms with Gasteiger partial charge in [-0.05, 0) is 59.3 Å². The molecule has 1 atom stereocenters. The lowest BCUT2D eigenvalue weighted by Gasteiger charge is -2.18. The average Bonchev–Trinajstić information content (AvgIpc) is 2.91. The average molecular weight is 277 g/mol. The van der Waals surface area contributed by atoms with Crippen LogP contribution in [0.15, 0.2) is 46.0 Å². The zero-order valence-corrected chi connectivity index (χ0v) is 12.5. The van der Waals surface area contributed by atoms with Gasteiger partial charge < -0.3 is 5.32 Å². The Hall–Kier alpha value is -0.770. The summed E-state index contributed by atoms with van der Waals surface area (Å²) in [6, 6.07) is 11.5. The predicted molar refractivity (Wildman–Crippen MR) is 82.7 cm³/mol. The van der Waals surface area contributed by atoms with Crippen molar-refractivity contribution in [3.8, 4) is 0 Å². The maximum atomic E-state index is 3.57. The molecule has 0 spiro atoms. The molecule has 0 saturated heterocycles. The van der Waals surface area contributed by atoms with E-state index < -0.39 is 0 Å². The monoisotopic (exact) mass is 277 g/mol. The van der Waals surface area contributed by atoms with E-state index in [0.717, 1.165) is 13.0 Å². The van der Waals surface area contributed by atoms with Crippen LogP contribution in [0.25, 0.3) is 0 Å². The maximum absolute atomic E-state index is 3.57. The molecule has 1 N–H and O–H groups in total. The van der Waals surface area contributed by atoms with Gasteiger partial charge >= 0.3 is 0 Å². The molecule has 0 aliphatic rings. The molecule has 0 aliphatic carbocycles. The van der Waals surface area contributed by atoms with Gasteiger partial charge in [0.2, 0.25) is 0 Å². The number of hydrogen-bond acceptors (Lipinski definition) is 3. The largest absolute Gasteiger partial charge is 0.310 e. The minimum absolute atomic E-state index is 0.417. The highest BCUT2D eigenvalue weighted by molar-refractivity contribution is 7.98. The molecule has 3 heteroatoms. The number of likely N-dealkylation sites (N-methyl/N-ethyl adjacent to an activating group) is 1. The SMILES string of the molecule is CCNC(Cc1ccsc1)c1ccc(SC)cc1. The van der Waals surface area contributed by atoms with Gasteiger partial charge in [0, 0.05) is 10.9 Å². The molecule has 1 unspecified atom stereocenters. The Morgan fingerprint density at radius 2 is 2.00 bits per heavy atom. The third kappa shape index (κ3) is 3.61. The van der Waals surface area contributed by atoms with Crippen molar-refractivity contribution in [1.82, 2.24) is 5.32 Å². The maximum Gasteiger partial charge on any atom is 0.0361 e. The second kappa shape index (κ2) is 6.98. The summed E-state index contributed by atoms with van der Waals surface area (Å²) in [5.74, 6) is 0. The smallest absolute Gasteiger partial charge is 0.0361 e. The molecule has 96 valence electrons. The Morgan fingerprint density at radius 1 is 1.22 bits per heavy atom. The van der Waals surface area contributed by atoms with Crippen LogP contribution in [-0.2, 0) is 6.42 Å². The van der Waals surface area contributed by atoms with Gasteiger partial charge in [-0.1, -0.05) is 19.1 Å². The Labute approximate surface area is 118 Å². The first-order valence-corrected chi connectivity index (χ1v) is 8.38. The number of thioether (sulfide) groups is 1. The van der Waals surface area contributed by atoms with Gasteiger partial charge in [0.05, 0.1) is 0 Å². The lowest BCUT2D eigenvalue weighted by Crippen LogP contribution is -2.22. The number of thiophene rings is 1. The first kappa shape index (κ1) is 13.7. The normalized spacial score (nSPS) is 12.6. The molecule has 0 bridgehead atoms. The van der Waals surface area contributed by atoms with E-state index in [2.05, 4.69) is 59.6 Å². The van der Waals surface area contributed by atoms with Crippen molar-refractivity contribution in [2.45, 2.75) is 24.3 Å². The Morgan fingerprint density at radius 3 is 2.56 bits per heavy atom. The third-order valence-electron chi connectivity index (χ3n) is 2.99. The summed E-state index contributed by atoms with van der Waals surface area (Å²) in [6.07, 6.45) is 3.18. The van der Waals surface area contributed by atoms with Crippen LogP contribution in [0, 0.1) is 0 Å². The zero-order chi connectivity index (χ0) is 12.8. The summed E-state index contributed by atoms with van der Waals surface area (Å²) >= 11 is 3.56. The third-order valence-corrected chi connectivity index (χ3v) is 4.46. The van der Waals surface area contributed by atoms with Crippen molar-refractivity contribution in [2.75, 3.05) is 12.8 Å². The van der Waals surface area contributed by atoms with Crippen LogP contribution in [0.3, 0.4) is 0 Å². The van der Waals surface area contributed by atoms with Gasteiger partial charge in [-0.2, -0.15) is 11.3 Å². The highest BCUT2D eigenvalue weighted by atomic mass is 32.2. The molecule has 0 radical (unpaired) electrons. The van der Waals surface area contributed by atoms with Crippen LogP contribution in [-0.4, -0.2) is 12.8 Å². The molecule has 2 rings (SSSR count). The van der Waals surface area contributed by atoms with Crippen LogP contribution in [0.5, 0.6) is 0 Å². The molecule has 2 aromatic rings. The quantitative estimate of drug-likeness (QED) is 0.787. The highest BCUT2D eigenvalue weighted by Crippen LogP contribution is 2.22. The second-order valence-electron chi connectivity index (χ2n) is 4.22. The topological polar surface area (TPSA) is 12.0 Å². The zero-order valence-electron chi connectivity index (χ0n) is 10.8. The molecule has 1 nitrogen and oxygen atoms in total. The van der Waals surface area contributed by atoms with Crippen LogP contribution in [0.2, 0.25) is 0 Å². The second-order valence-corrected chi connectivity index (χ2v) is 5.88. The van der Waals surface area contributed by atoms with E-state index in [4.69, 9.17) is 0 Å². The van der Waals surface area contributed by atoms with Crippen molar-refractivity contribution in [1.29, 1.82) is 0 Å². The van der Waals surface area contributed by atoms with Gasteiger partial charge in [0.25, 0.3) is 0 Å². The molecule has 0 amide bonds. The summed E-state index contributed by atoms with van der Waals surface area (Å²) in [6.45, 7) is 3.16. The first-order chi connectivity index (χ1) is 8.83. The van der Waals surface area contributed by atoms with Crippen LogP contribution in [0.4, 0.5) is 0 Å². The van der Waals surface area contributed by atoms with Crippen molar-refractivity contribution < 1.29 is 0 Å². The molecule has 1 aromatic heterocycles. The summed E-state index contributed by atoms with van der Waals surface area (Å²) in [5, 5.41) is 7.96. The fourth-order valence-corrected chi connectivity index (χ4v) is 3.12. The van der Waals surface area contributed by atoms with Crippen LogP contribution >= 0.6 is 23.1 Å². The summed E-state index contributed by atoms with van der Waals surface area (Å²) < 4.78 is 0. The number of rotatable bonds is 6. The van der Waals surface area contributed by atoms with E-state index in [-0.39, 0.29) is 0 Å². The van der Waals surface area contributed by atoms with E-state index in [1.165, 1.54) is 16.0 Å². The molecule has 1 aromatic carbocycles. The van der Waals surface area contributed by atoms with Gasteiger partial charge in [-0.3, -0.25) is 0 Å². The van der Waals surface area contributed by atoms with Gasteiger partial charge in [-0.25, -0.2) is 0 Å². The predicted octanol–water partition coefficient (Wildman–Crippen LogP) is 4.36. The molecular weight excluding hydrogens is 258 g/mol. The van der Waals surface area contributed by atoms with E-state index >= 15 is 0 Å². The summed E-state index contributed by atoms with van der Waals surface area (Å²) in [4.78, 5) is 1.32. The molecule has 0 saturated carbocycles. The van der Waals surface area contributed by atoms with Gasteiger partial charge in [-0.15, -0.1) is 11.8 Å². The molecular formula is C15H19NS2. The minimum Gasteiger partial charge on any atom is -0.310 e. The minimum atomic E-state index is 0.417. The number of nitrogens with one attached hydrogen (secondary N) is 1. The van der Waals surface area contributed by atoms with E-state index in [9.17, 15) is 0 Å². The van der Waals surface area contributed by atoms with Gasteiger partial charge in [0.1, 0.15) is 0 Å². The van der Waals surface area contributed by atoms with E-state index in [0.29, 0.717) is 6.04 Å².